The van der Waals surface area contributed by atoms with E-state index in [9.17, 15) is 0 Å². The number of hydrogen-bond donors (Lipinski definition) is 0. The Balaban J connectivity index is 2.45. The van der Waals surface area contributed by atoms with Crippen LogP contribution in [-0.4, -0.2) is 11.2 Å². The van der Waals surface area contributed by atoms with Gasteiger partial charge in [-0.3, -0.25) is 9.98 Å². The largest absolute Gasteiger partial charge is 0.288 e. The maximum Gasteiger partial charge on any atom is 0.0701 e. The summed E-state index contributed by atoms with van der Waals surface area (Å²) in [4.78, 5) is 8.46. The highest BCUT2D eigenvalue weighted by Gasteiger charge is 2.13. The fourth-order valence-electron chi connectivity index (χ4n) is 1.42. The minimum Gasteiger partial charge on any atom is -0.288 e. The second kappa shape index (κ2) is 1.59. The lowest BCUT2D eigenvalue weighted by atomic mass is 10.2. The summed E-state index contributed by atoms with van der Waals surface area (Å²) < 4.78 is 0. The molecule has 0 spiro atoms. The van der Waals surface area contributed by atoms with E-state index in [1.165, 1.54) is 16.3 Å². The van der Waals surface area contributed by atoms with Crippen LogP contribution in [0.2, 0.25) is 0 Å². The summed E-state index contributed by atoms with van der Waals surface area (Å²) in [5, 5.41) is 2.38. The molecule has 0 saturated carbocycles. The van der Waals surface area contributed by atoms with Gasteiger partial charge < -0.3 is 0 Å². The third-order valence-corrected chi connectivity index (χ3v) is 2.09. The highest BCUT2D eigenvalue weighted by atomic mass is 14.7. The topological polar surface area (TPSA) is 25.2 Å². The van der Waals surface area contributed by atoms with Crippen LogP contribution in [0.1, 0.15) is 11.1 Å². The molecule has 2 heterocycles. The van der Waals surface area contributed by atoms with Crippen molar-refractivity contribution in [1.82, 2.24) is 4.98 Å². The van der Waals surface area contributed by atoms with Crippen LogP contribution in [0.5, 0.6) is 0 Å². The Hall–Kier alpha value is -1.44. The normalized spacial score (nSPS) is 16.0. The van der Waals surface area contributed by atoms with E-state index in [2.05, 4.69) is 16.1 Å². The van der Waals surface area contributed by atoms with Crippen molar-refractivity contribution in [3.63, 3.8) is 0 Å². The number of aromatic nitrogens is 1. The van der Waals surface area contributed by atoms with Crippen LogP contribution in [0.25, 0.3) is 12.2 Å². The highest BCUT2D eigenvalue weighted by Crippen LogP contribution is 2.09. The van der Waals surface area contributed by atoms with Crippen molar-refractivity contribution in [2.24, 2.45) is 4.99 Å². The van der Waals surface area contributed by atoms with Gasteiger partial charge in [-0.1, -0.05) is 0 Å². The van der Waals surface area contributed by atoms with Gasteiger partial charge >= 0.3 is 0 Å². The molecule has 1 aromatic heterocycles. The molecule has 2 nitrogen and oxygen atoms in total. The zero-order chi connectivity index (χ0) is 7.26. The number of aliphatic imine (C=N–C) groups is 1. The molecule has 0 aromatic carbocycles. The molecule has 0 unspecified atom stereocenters. The molecule has 1 aromatic rings. The molecule has 0 N–H and O–H groups in total. The van der Waals surface area contributed by atoms with Gasteiger partial charge in [-0.25, -0.2) is 0 Å². The van der Waals surface area contributed by atoms with Crippen molar-refractivity contribution >= 4 is 18.4 Å². The van der Waals surface area contributed by atoms with Gasteiger partial charge in [-0.05, 0) is 17.7 Å². The first-order chi connectivity index (χ1) is 5.45. The van der Waals surface area contributed by atoms with Crippen molar-refractivity contribution in [2.45, 2.75) is 6.54 Å². The summed E-state index contributed by atoms with van der Waals surface area (Å²) in [6.45, 7) is 0.804. The Morgan fingerprint density at radius 2 is 2.36 bits per heavy atom. The van der Waals surface area contributed by atoms with Crippen LogP contribution < -0.4 is 10.6 Å². The molecule has 0 amide bonds. The second-order valence-electron chi connectivity index (χ2n) is 2.79. The summed E-state index contributed by atoms with van der Waals surface area (Å²) >= 11 is 0. The minimum absolute atomic E-state index is 0.804. The molecule has 1 aliphatic heterocycles. The predicted octanol–water partition coefficient (Wildman–Crippen LogP) is -0.411. The van der Waals surface area contributed by atoms with E-state index in [0.717, 1.165) is 11.9 Å². The van der Waals surface area contributed by atoms with Crippen LogP contribution >= 0.6 is 0 Å². The van der Waals surface area contributed by atoms with E-state index < -0.39 is 0 Å². The first-order valence-electron chi connectivity index (χ1n) is 3.65. The summed E-state index contributed by atoms with van der Waals surface area (Å²) in [6.07, 6.45) is 7.86. The van der Waals surface area contributed by atoms with Crippen molar-refractivity contribution in [3.8, 4) is 0 Å². The van der Waals surface area contributed by atoms with Crippen LogP contribution in [0.3, 0.4) is 0 Å². The second-order valence-corrected chi connectivity index (χ2v) is 2.79. The minimum atomic E-state index is 0.804. The van der Waals surface area contributed by atoms with Crippen molar-refractivity contribution in [3.05, 3.63) is 27.9 Å². The van der Waals surface area contributed by atoms with Crippen molar-refractivity contribution < 1.29 is 0 Å². The third kappa shape index (κ3) is 0.611. The number of pyridine rings is 1. The molecule has 3 rings (SSSR count). The highest BCUT2D eigenvalue weighted by molar-refractivity contribution is 5.92. The van der Waals surface area contributed by atoms with E-state index in [1.54, 1.807) is 0 Å². The Morgan fingerprint density at radius 1 is 1.36 bits per heavy atom. The molecule has 0 saturated heterocycles. The molecular weight excluding hydrogens is 136 g/mol. The van der Waals surface area contributed by atoms with E-state index >= 15 is 0 Å². The van der Waals surface area contributed by atoms with Gasteiger partial charge in [0.1, 0.15) is 0 Å². The number of hydrogen-bond acceptors (Lipinski definition) is 2. The standard InChI is InChI=1S/C9H6N2/c1-2-10-5-8-7-3-6(7)4-11-9(1)8/h1-4H,5H2. The van der Waals surface area contributed by atoms with Crippen LogP contribution in [0, 0.1) is 0 Å². The molecule has 2 heteroatoms. The van der Waals surface area contributed by atoms with Gasteiger partial charge in [0.2, 0.25) is 0 Å². The summed E-state index contributed by atoms with van der Waals surface area (Å²) in [5.41, 5.74) is 2.66. The summed E-state index contributed by atoms with van der Waals surface area (Å²) in [7, 11) is 0. The quantitative estimate of drug-likeness (QED) is 0.491. The van der Waals surface area contributed by atoms with Crippen molar-refractivity contribution in [2.75, 3.05) is 0 Å². The Morgan fingerprint density at radius 3 is 3.36 bits per heavy atom. The molecule has 2 aliphatic rings. The molecule has 0 bridgehead atoms. The van der Waals surface area contributed by atoms with E-state index in [-0.39, 0.29) is 0 Å². The predicted molar refractivity (Wildman–Crippen MR) is 43.7 cm³/mol. The zero-order valence-corrected chi connectivity index (χ0v) is 5.91. The Kier molecular flexibility index (Phi) is 0.756. The lowest BCUT2D eigenvalue weighted by Gasteiger charge is -1.99. The molecule has 0 atom stereocenters. The van der Waals surface area contributed by atoms with Gasteiger partial charge in [-0.2, -0.15) is 0 Å². The van der Waals surface area contributed by atoms with Crippen LogP contribution in [-0.2, 0) is 6.54 Å². The lowest BCUT2D eigenvalue weighted by molar-refractivity contribution is 1.02. The lowest BCUT2D eigenvalue weighted by Crippen LogP contribution is -2.18. The third-order valence-electron chi connectivity index (χ3n) is 2.09. The van der Waals surface area contributed by atoms with E-state index in [4.69, 9.17) is 0 Å². The first-order valence-corrected chi connectivity index (χ1v) is 3.65. The zero-order valence-electron chi connectivity index (χ0n) is 5.91. The molecular formula is C9H6N2. The maximum atomic E-state index is 4.29. The SMILES string of the molecule is C1=NCc2c3c(cnc2=C1)=C3. The summed E-state index contributed by atoms with van der Waals surface area (Å²) in [5.74, 6) is 0. The molecule has 52 valence electrons. The first kappa shape index (κ1) is 5.24. The fourth-order valence-corrected chi connectivity index (χ4v) is 1.42. The monoisotopic (exact) mass is 142 g/mol. The van der Waals surface area contributed by atoms with Gasteiger partial charge in [0, 0.05) is 23.2 Å². The molecule has 0 fully saturated rings. The average Bonchev–Trinajstić information content (AvgIpc) is 2.83. The molecule has 0 radical (unpaired) electrons. The smallest absolute Gasteiger partial charge is 0.0701 e. The maximum absolute atomic E-state index is 4.29. The van der Waals surface area contributed by atoms with Crippen LogP contribution in [0.15, 0.2) is 11.2 Å². The Labute approximate surface area is 63.6 Å². The number of nitrogens with zero attached hydrogens (tertiary/aromatic N) is 2. The molecule has 1 aliphatic carbocycles. The number of rotatable bonds is 0. The fraction of sp³-hybridized carbons (Fsp3) is 0.111. The van der Waals surface area contributed by atoms with E-state index in [0.29, 0.717) is 0 Å². The average molecular weight is 142 g/mol. The van der Waals surface area contributed by atoms with Gasteiger partial charge in [0.15, 0.2) is 0 Å². The van der Waals surface area contributed by atoms with E-state index in [1.807, 2.05) is 18.5 Å². The van der Waals surface area contributed by atoms with Gasteiger partial charge in [-0.15, -0.1) is 0 Å². The molecule has 11 heavy (non-hydrogen) atoms. The van der Waals surface area contributed by atoms with Gasteiger partial charge in [0.25, 0.3) is 0 Å². The van der Waals surface area contributed by atoms with Crippen LogP contribution in [0.4, 0.5) is 0 Å². The number of fused-ring (bicyclic) bond motifs is 3. The summed E-state index contributed by atoms with van der Waals surface area (Å²) in [6, 6.07) is 0. The van der Waals surface area contributed by atoms with Gasteiger partial charge in [0.05, 0.1) is 11.9 Å². The Bertz CT molecular complexity index is 469. The van der Waals surface area contributed by atoms with Crippen molar-refractivity contribution in [1.29, 1.82) is 0 Å².